The lowest BCUT2D eigenvalue weighted by atomic mass is 10.1. The molecule has 5 rings (SSSR count). The molecule has 39 heavy (non-hydrogen) atoms. The van der Waals surface area contributed by atoms with Gasteiger partial charge >= 0.3 is 12.1 Å². The first-order valence-electron chi connectivity index (χ1n) is 11.0. The van der Waals surface area contributed by atoms with Crippen LogP contribution in [0.3, 0.4) is 0 Å². The third-order valence-corrected chi connectivity index (χ3v) is 8.96. The van der Waals surface area contributed by atoms with Gasteiger partial charge in [-0.1, -0.05) is 17.7 Å². The molecule has 1 amide bonds. The van der Waals surface area contributed by atoms with Crippen molar-refractivity contribution in [1.82, 2.24) is 19.6 Å². The lowest BCUT2D eigenvalue weighted by molar-refractivity contribution is -0.192. The van der Waals surface area contributed by atoms with Crippen molar-refractivity contribution in [3.8, 4) is 0 Å². The number of aliphatic carboxylic acids is 1. The number of nitrogen functional groups attached to an aromatic ring is 1. The van der Waals surface area contributed by atoms with Crippen LogP contribution in [0.25, 0.3) is 21.0 Å². The van der Waals surface area contributed by atoms with Crippen LogP contribution in [0.5, 0.6) is 0 Å². The highest BCUT2D eigenvalue weighted by Gasteiger charge is 2.38. The van der Waals surface area contributed by atoms with Crippen LogP contribution in [0.2, 0.25) is 5.02 Å². The van der Waals surface area contributed by atoms with Crippen LogP contribution < -0.4 is 10.5 Å². The number of nitrogens with zero attached hydrogens (tertiary/aromatic N) is 3. The molecule has 0 bridgehead atoms. The van der Waals surface area contributed by atoms with Crippen molar-refractivity contribution < 1.29 is 36.3 Å². The van der Waals surface area contributed by atoms with Crippen LogP contribution in [-0.2, 0) is 26.2 Å². The van der Waals surface area contributed by atoms with Gasteiger partial charge in [0.05, 0.1) is 5.52 Å². The van der Waals surface area contributed by atoms with Gasteiger partial charge in [0.2, 0.25) is 5.91 Å². The zero-order valence-electron chi connectivity index (χ0n) is 19.6. The highest BCUT2D eigenvalue weighted by molar-refractivity contribution is 7.91. The van der Waals surface area contributed by atoms with Gasteiger partial charge in [-0.2, -0.15) is 17.9 Å². The number of nitrogens with one attached hydrogen (secondary N) is 1. The number of carbonyl (C=O) groups excluding carboxylic acids is 1. The summed E-state index contributed by atoms with van der Waals surface area (Å²) in [4.78, 5) is 31.6. The molecule has 0 unspecified atom stereocenters. The van der Waals surface area contributed by atoms with Crippen molar-refractivity contribution in [2.75, 3.05) is 12.3 Å². The summed E-state index contributed by atoms with van der Waals surface area (Å²) in [5.41, 5.74) is 7.44. The summed E-state index contributed by atoms with van der Waals surface area (Å²) in [5, 5.41) is 9.17. The molecule has 1 aliphatic heterocycles. The van der Waals surface area contributed by atoms with E-state index in [0.29, 0.717) is 35.9 Å². The summed E-state index contributed by atoms with van der Waals surface area (Å²) in [6.07, 6.45) is -3.29. The summed E-state index contributed by atoms with van der Waals surface area (Å²) in [6.45, 7) is 0.816. The number of amides is 1. The number of anilines is 1. The Morgan fingerprint density at radius 3 is 2.62 bits per heavy atom. The number of hydrogen-bond donors (Lipinski definition) is 3. The highest BCUT2D eigenvalue weighted by atomic mass is 35.5. The van der Waals surface area contributed by atoms with Crippen molar-refractivity contribution >= 4 is 71.6 Å². The Morgan fingerprint density at radius 2 is 1.92 bits per heavy atom. The predicted molar refractivity (Wildman–Crippen MR) is 139 cm³/mol. The molecule has 0 aliphatic carbocycles. The molecule has 0 spiro atoms. The monoisotopic (exact) mass is 601 g/mol. The van der Waals surface area contributed by atoms with Crippen molar-refractivity contribution in [1.29, 1.82) is 0 Å². The first-order valence-corrected chi connectivity index (χ1v) is 13.7. The fraction of sp³-hybridized carbons (Fsp3) is 0.217. The van der Waals surface area contributed by atoms with E-state index in [1.807, 2.05) is 18.2 Å². The minimum atomic E-state index is -5.08. The van der Waals surface area contributed by atoms with Crippen LogP contribution in [0.1, 0.15) is 12.0 Å². The normalized spacial score (nSPS) is 15.9. The summed E-state index contributed by atoms with van der Waals surface area (Å²) >= 11 is 7.14. The molecule has 1 saturated heterocycles. The third kappa shape index (κ3) is 6.55. The third-order valence-electron chi connectivity index (χ3n) is 5.66. The predicted octanol–water partition coefficient (Wildman–Crippen LogP) is 3.79. The number of likely N-dealkylation sites (tertiary alicyclic amines) is 1. The molecule has 206 valence electrons. The Kier molecular flexibility index (Phi) is 7.97. The highest BCUT2D eigenvalue weighted by Crippen LogP contribution is 2.31. The van der Waals surface area contributed by atoms with Crippen LogP contribution in [0.4, 0.5) is 19.0 Å². The van der Waals surface area contributed by atoms with E-state index in [-0.39, 0.29) is 10.1 Å². The van der Waals surface area contributed by atoms with Crippen LogP contribution >= 0.6 is 22.9 Å². The second kappa shape index (κ2) is 10.9. The van der Waals surface area contributed by atoms with Crippen LogP contribution in [-0.4, -0.2) is 59.0 Å². The number of aromatic nitrogens is 2. The molecule has 1 atom stereocenters. The van der Waals surface area contributed by atoms with Gasteiger partial charge in [0.1, 0.15) is 22.4 Å². The summed E-state index contributed by atoms with van der Waals surface area (Å²) < 4.78 is 61.1. The number of thiophene rings is 1. The summed E-state index contributed by atoms with van der Waals surface area (Å²) in [6, 6.07) is 11.6. The van der Waals surface area contributed by atoms with Crippen molar-refractivity contribution in [2.24, 2.45) is 0 Å². The first-order chi connectivity index (χ1) is 18.2. The summed E-state index contributed by atoms with van der Waals surface area (Å²) in [5.74, 6) is -2.61. The number of rotatable bonds is 5. The number of alkyl halides is 3. The van der Waals surface area contributed by atoms with E-state index in [2.05, 4.69) is 14.7 Å². The summed E-state index contributed by atoms with van der Waals surface area (Å²) in [7, 11) is -3.83. The molecule has 4 N–H and O–H groups in total. The fourth-order valence-electron chi connectivity index (χ4n) is 3.82. The van der Waals surface area contributed by atoms with E-state index in [1.165, 1.54) is 6.33 Å². The maximum Gasteiger partial charge on any atom is 0.490 e. The fourth-order valence-corrected chi connectivity index (χ4v) is 6.61. The minimum absolute atomic E-state index is 0.160. The largest absolute Gasteiger partial charge is 0.490 e. The number of carboxylic acid groups (broad SMARTS) is 1. The molecule has 10 nitrogen and oxygen atoms in total. The van der Waals surface area contributed by atoms with E-state index < -0.39 is 28.2 Å². The molecule has 3 heterocycles. The second-order valence-corrected chi connectivity index (χ2v) is 11.8. The van der Waals surface area contributed by atoms with Gasteiger partial charge in [0.15, 0.2) is 0 Å². The number of fused-ring (bicyclic) bond motifs is 2. The maximum absolute atomic E-state index is 12.9. The van der Waals surface area contributed by atoms with E-state index in [4.69, 9.17) is 27.2 Å². The number of sulfonamides is 1. The minimum Gasteiger partial charge on any atom is -0.475 e. The Hall–Kier alpha value is -3.53. The molecular weight excluding hydrogens is 583 g/mol. The topological polar surface area (TPSA) is 156 Å². The molecule has 16 heteroatoms. The molecule has 4 aromatic rings. The van der Waals surface area contributed by atoms with Gasteiger partial charge < -0.3 is 15.7 Å². The van der Waals surface area contributed by atoms with E-state index >= 15 is 0 Å². The smallest absolute Gasteiger partial charge is 0.475 e. The number of benzene rings is 2. The van der Waals surface area contributed by atoms with Gasteiger partial charge in [-0.15, -0.1) is 11.3 Å². The quantitative estimate of drug-likeness (QED) is 0.312. The Bertz CT molecular complexity index is 1680. The molecule has 1 fully saturated rings. The Morgan fingerprint density at radius 1 is 1.21 bits per heavy atom. The van der Waals surface area contributed by atoms with Crippen molar-refractivity contribution in [3.63, 3.8) is 0 Å². The van der Waals surface area contributed by atoms with Gasteiger partial charge in [0, 0.05) is 28.2 Å². The first kappa shape index (κ1) is 28.5. The van der Waals surface area contributed by atoms with E-state index in [0.717, 1.165) is 32.4 Å². The van der Waals surface area contributed by atoms with E-state index in [9.17, 15) is 26.4 Å². The zero-order chi connectivity index (χ0) is 28.5. The second-order valence-electron chi connectivity index (χ2n) is 8.38. The average Bonchev–Trinajstić information content (AvgIpc) is 3.43. The zero-order valence-corrected chi connectivity index (χ0v) is 22.0. The lowest BCUT2D eigenvalue weighted by Crippen LogP contribution is -2.41. The average molecular weight is 602 g/mol. The number of hydrogen-bond acceptors (Lipinski definition) is 8. The SMILES string of the molecule is Nc1ncnc2cc(CN3CC[C@H](NS(=O)(=O)c4cc5cc(Cl)ccc5s4)C3=O)ccc12.O=C(O)C(F)(F)F. The Labute approximate surface area is 228 Å². The molecule has 0 radical (unpaired) electrons. The molecule has 0 saturated carbocycles. The van der Waals surface area contributed by atoms with Gasteiger partial charge in [0.25, 0.3) is 10.0 Å². The standard InChI is InChI=1S/C21H18ClN5O3S2.C2HF3O2/c22-14-2-4-18-13(8-14)9-19(31-18)32(29,30)26-16-5-6-27(21(16)28)10-12-1-3-15-17(7-12)24-11-25-20(15)23;3-2(4,5)1(6)7/h1-4,7-9,11,16,26H,5-6,10H2,(H2,23,24,25);(H,6,7)/t16-;/m0./s1. The number of nitrogens with two attached hydrogens (primary N) is 1. The Balaban J connectivity index is 0.000000448. The van der Waals surface area contributed by atoms with Gasteiger partial charge in [-0.3, -0.25) is 4.79 Å². The van der Waals surface area contributed by atoms with E-state index in [1.54, 1.807) is 29.2 Å². The van der Waals surface area contributed by atoms with Crippen molar-refractivity contribution in [3.05, 3.63) is 59.4 Å². The molecule has 2 aromatic carbocycles. The van der Waals surface area contributed by atoms with Gasteiger partial charge in [-0.05, 0) is 53.8 Å². The van der Waals surface area contributed by atoms with Crippen LogP contribution in [0.15, 0.2) is 53.0 Å². The molecule has 1 aliphatic rings. The maximum atomic E-state index is 12.9. The van der Waals surface area contributed by atoms with Gasteiger partial charge in [-0.25, -0.2) is 23.2 Å². The number of carboxylic acids is 1. The molecule has 2 aromatic heterocycles. The van der Waals surface area contributed by atoms with Crippen molar-refractivity contribution in [2.45, 2.75) is 29.4 Å². The number of halogens is 4. The number of carbonyl (C=O) groups is 2. The molecular formula is C23H19ClF3N5O5S2. The lowest BCUT2D eigenvalue weighted by Gasteiger charge is -2.17. The van der Waals surface area contributed by atoms with Crippen LogP contribution in [0, 0.1) is 0 Å².